The highest BCUT2D eigenvalue weighted by Crippen LogP contribution is 2.33. The molecular weight excluding hydrogens is 290 g/mol. The Balaban J connectivity index is 1.68. The minimum Gasteiger partial charge on any atom is -0.444 e. The SMILES string of the molecule is CC(C)(C)OC(=O)Nc1[nH]nc2nc(NCC3CC3)sc12. The van der Waals surface area contributed by atoms with Crippen LogP contribution in [0.1, 0.15) is 33.6 Å². The largest absolute Gasteiger partial charge is 0.444 e. The van der Waals surface area contributed by atoms with Crippen LogP contribution < -0.4 is 10.6 Å². The average molecular weight is 309 g/mol. The molecule has 0 aromatic carbocycles. The molecule has 1 fully saturated rings. The molecule has 7 nitrogen and oxygen atoms in total. The lowest BCUT2D eigenvalue weighted by molar-refractivity contribution is 0.0635. The fourth-order valence-corrected chi connectivity index (χ4v) is 2.69. The monoisotopic (exact) mass is 309 g/mol. The van der Waals surface area contributed by atoms with E-state index in [1.54, 1.807) is 0 Å². The average Bonchev–Trinajstić information content (AvgIpc) is 2.99. The second-order valence-corrected chi connectivity index (χ2v) is 7.22. The molecule has 8 heteroatoms. The van der Waals surface area contributed by atoms with Gasteiger partial charge in [-0.3, -0.25) is 10.4 Å². The molecule has 0 bridgehead atoms. The quantitative estimate of drug-likeness (QED) is 0.806. The second-order valence-electron chi connectivity index (χ2n) is 6.22. The number of fused-ring (bicyclic) bond motifs is 1. The number of carbonyl (C=O) groups excluding carboxylic acids is 1. The van der Waals surface area contributed by atoms with E-state index < -0.39 is 11.7 Å². The summed E-state index contributed by atoms with van der Waals surface area (Å²) in [5.41, 5.74) is 0.0674. The zero-order chi connectivity index (χ0) is 15.0. The molecule has 1 aliphatic carbocycles. The summed E-state index contributed by atoms with van der Waals surface area (Å²) >= 11 is 1.47. The number of amides is 1. The first-order valence-electron chi connectivity index (χ1n) is 6.99. The van der Waals surface area contributed by atoms with E-state index in [-0.39, 0.29) is 0 Å². The van der Waals surface area contributed by atoms with E-state index in [1.807, 2.05) is 20.8 Å². The number of hydrogen-bond acceptors (Lipinski definition) is 6. The number of nitrogens with one attached hydrogen (secondary N) is 3. The molecule has 1 aliphatic rings. The third-order valence-corrected chi connectivity index (χ3v) is 3.99. The van der Waals surface area contributed by atoms with E-state index in [0.29, 0.717) is 11.5 Å². The van der Waals surface area contributed by atoms with Gasteiger partial charge >= 0.3 is 6.09 Å². The highest BCUT2D eigenvalue weighted by molar-refractivity contribution is 7.22. The van der Waals surface area contributed by atoms with Crippen molar-refractivity contribution in [2.24, 2.45) is 5.92 Å². The van der Waals surface area contributed by atoms with Crippen LogP contribution >= 0.6 is 11.3 Å². The van der Waals surface area contributed by atoms with E-state index in [0.717, 1.165) is 22.3 Å². The van der Waals surface area contributed by atoms with Gasteiger partial charge in [-0.2, -0.15) is 10.1 Å². The Bertz CT molecular complexity index is 653. The van der Waals surface area contributed by atoms with Crippen LogP contribution in [-0.4, -0.2) is 33.4 Å². The van der Waals surface area contributed by atoms with Crippen LogP contribution in [0.4, 0.5) is 15.7 Å². The van der Waals surface area contributed by atoms with Crippen LogP contribution in [0.25, 0.3) is 10.3 Å². The van der Waals surface area contributed by atoms with Crippen molar-refractivity contribution in [3.05, 3.63) is 0 Å². The summed E-state index contributed by atoms with van der Waals surface area (Å²) in [6.45, 7) is 6.42. The first-order chi connectivity index (χ1) is 9.90. The van der Waals surface area contributed by atoms with Crippen molar-refractivity contribution >= 4 is 38.7 Å². The van der Waals surface area contributed by atoms with Crippen LogP contribution in [0.15, 0.2) is 0 Å². The topological polar surface area (TPSA) is 91.9 Å². The second kappa shape index (κ2) is 5.18. The number of hydrogen-bond donors (Lipinski definition) is 3. The molecule has 0 radical (unpaired) electrons. The third-order valence-electron chi connectivity index (χ3n) is 2.97. The van der Waals surface area contributed by atoms with Gasteiger partial charge in [0.05, 0.1) is 0 Å². The summed E-state index contributed by atoms with van der Waals surface area (Å²) in [5.74, 6) is 1.30. The van der Waals surface area contributed by atoms with Crippen LogP contribution in [-0.2, 0) is 4.74 Å². The van der Waals surface area contributed by atoms with Gasteiger partial charge in [0.25, 0.3) is 0 Å². The summed E-state index contributed by atoms with van der Waals surface area (Å²) in [7, 11) is 0. The Morgan fingerprint density at radius 2 is 2.24 bits per heavy atom. The highest BCUT2D eigenvalue weighted by Gasteiger charge is 2.22. The molecule has 1 amide bonds. The summed E-state index contributed by atoms with van der Waals surface area (Å²) in [6.07, 6.45) is 2.08. The smallest absolute Gasteiger partial charge is 0.413 e. The van der Waals surface area contributed by atoms with Gasteiger partial charge in [-0.15, -0.1) is 0 Å². The number of rotatable bonds is 4. The highest BCUT2D eigenvalue weighted by atomic mass is 32.1. The number of carbonyl (C=O) groups is 1. The summed E-state index contributed by atoms with van der Waals surface area (Å²) in [6, 6.07) is 0. The van der Waals surface area contributed by atoms with E-state index in [4.69, 9.17) is 4.74 Å². The maximum absolute atomic E-state index is 11.8. The number of anilines is 2. The van der Waals surface area contributed by atoms with Crippen LogP contribution in [0, 0.1) is 5.92 Å². The molecule has 0 unspecified atom stereocenters. The molecular formula is C13H19N5O2S. The van der Waals surface area contributed by atoms with Crippen molar-refractivity contribution in [1.82, 2.24) is 15.2 Å². The molecule has 1 saturated carbocycles. The number of aromatic nitrogens is 3. The zero-order valence-corrected chi connectivity index (χ0v) is 13.1. The van der Waals surface area contributed by atoms with E-state index in [9.17, 15) is 4.79 Å². The van der Waals surface area contributed by atoms with Gasteiger partial charge in [0.15, 0.2) is 16.6 Å². The Morgan fingerprint density at radius 3 is 2.90 bits per heavy atom. The molecule has 3 rings (SSSR count). The predicted octanol–water partition coefficient (Wildman–Crippen LogP) is 3.19. The molecule has 2 aromatic heterocycles. The van der Waals surface area contributed by atoms with Crippen molar-refractivity contribution in [3.8, 4) is 0 Å². The van der Waals surface area contributed by atoms with Gasteiger partial charge in [-0.25, -0.2) is 4.79 Å². The Kier molecular flexibility index (Phi) is 3.48. The van der Waals surface area contributed by atoms with E-state index >= 15 is 0 Å². The molecule has 21 heavy (non-hydrogen) atoms. The third kappa shape index (κ3) is 3.63. The van der Waals surface area contributed by atoms with Gasteiger partial charge in [-0.1, -0.05) is 11.3 Å². The van der Waals surface area contributed by atoms with E-state index in [2.05, 4.69) is 25.8 Å². The lowest BCUT2D eigenvalue weighted by Gasteiger charge is -2.19. The Hall–Kier alpha value is -1.83. The normalized spacial score (nSPS) is 15.2. The fraction of sp³-hybridized carbons (Fsp3) is 0.615. The van der Waals surface area contributed by atoms with Crippen LogP contribution in [0.5, 0.6) is 0 Å². The van der Waals surface area contributed by atoms with Gasteiger partial charge in [-0.05, 0) is 39.5 Å². The van der Waals surface area contributed by atoms with Crippen molar-refractivity contribution < 1.29 is 9.53 Å². The van der Waals surface area contributed by atoms with Crippen LogP contribution in [0.3, 0.4) is 0 Å². The summed E-state index contributed by atoms with van der Waals surface area (Å²) < 4.78 is 6.04. The molecule has 3 N–H and O–H groups in total. The molecule has 0 atom stereocenters. The lowest BCUT2D eigenvalue weighted by atomic mass is 10.2. The van der Waals surface area contributed by atoms with Gasteiger partial charge in [0, 0.05) is 6.54 Å². The van der Waals surface area contributed by atoms with Crippen molar-refractivity contribution in [3.63, 3.8) is 0 Å². The van der Waals surface area contributed by atoms with Crippen molar-refractivity contribution in [2.45, 2.75) is 39.2 Å². The minimum absolute atomic E-state index is 0.506. The molecule has 0 aliphatic heterocycles. The van der Waals surface area contributed by atoms with Crippen molar-refractivity contribution in [2.75, 3.05) is 17.2 Å². The number of H-pyrrole nitrogens is 1. The Labute approximate surface area is 126 Å². The van der Waals surface area contributed by atoms with Crippen molar-refractivity contribution in [1.29, 1.82) is 0 Å². The first kappa shape index (κ1) is 14.1. The predicted molar refractivity (Wildman–Crippen MR) is 82.8 cm³/mol. The number of thiazole rings is 1. The lowest BCUT2D eigenvalue weighted by Crippen LogP contribution is -2.27. The van der Waals surface area contributed by atoms with Crippen LogP contribution in [0.2, 0.25) is 0 Å². The van der Waals surface area contributed by atoms with Gasteiger partial charge in [0.2, 0.25) is 0 Å². The van der Waals surface area contributed by atoms with Gasteiger partial charge < -0.3 is 10.1 Å². The number of ether oxygens (including phenoxy) is 1. The molecule has 2 aromatic rings. The molecule has 114 valence electrons. The first-order valence-corrected chi connectivity index (χ1v) is 7.81. The standard InChI is InChI=1S/C13H19N5O2S/c1-13(2,3)20-12(19)16-10-8-9(17-18-10)15-11(21-8)14-6-7-4-5-7/h7H,4-6H2,1-3H3,(H3,14,15,16,17,18,19). The minimum atomic E-state index is -0.534. The fourth-order valence-electron chi connectivity index (χ4n) is 1.83. The summed E-state index contributed by atoms with van der Waals surface area (Å²) in [4.78, 5) is 16.2. The number of aromatic amines is 1. The van der Waals surface area contributed by atoms with E-state index in [1.165, 1.54) is 24.2 Å². The Morgan fingerprint density at radius 1 is 1.48 bits per heavy atom. The maximum atomic E-state index is 11.8. The maximum Gasteiger partial charge on any atom is 0.413 e. The summed E-state index contributed by atoms with van der Waals surface area (Å²) in [5, 5.41) is 13.7. The number of nitrogens with zero attached hydrogens (tertiary/aromatic N) is 2. The zero-order valence-electron chi connectivity index (χ0n) is 12.3. The molecule has 0 spiro atoms. The molecule has 0 saturated heterocycles. The van der Waals surface area contributed by atoms with Gasteiger partial charge in [0.1, 0.15) is 10.3 Å². The molecule has 2 heterocycles.